The van der Waals surface area contributed by atoms with Gasteiger partial charge in [-0.2, -0.15) is 0 Å². The highest BCUT2D eigenvalue weighted by Crippen LogP contribution is 2.38. The van der Waals surface area contributed by atoms with Crippen LogP contribution >= 0.6 is 0 Å². The molecule has 3 atom stereocenters. The van der Waals surface area contributed by atoms with Crippen molar-refractivity contribution < 1.29 is 5.11 Å². The van der Waals surface area contributed by atoms with Gasteiger partial charge < -0.3 is 10.4 Å². The Morgan fingerprint density at radius 2 is 2.07 bits per heavy atom. The average Bonchev–Trinajstić information content (AvgIpc) is 2.11. The van der Waals surface area contributed by atoms with Gasteiger partial charge in [0.25, 0.3) is 0 Å². The molecule has 3 unspecified atom stereocenters. The van der Waals surface area contributed by atoms with Crippen molar-refractivity contribution in [2.45, 2.75) is 53.0 Å². The average molecular weight is 213 g/mol. The van der Waals surface area contributed by atoms with Gasteiger partial charge >= 0.3 is 0 Å². The third-order valence-electron chi connectivity index (χ3n) is 3.45. The molecule has 0 saturated heterocycles. The first-order valence-corrected chi connectivity index (χ1v) is 6.27. The van der Waals surface area contributed by atoms with Gasteiger partial charge in [0.2, 0.25) is 0 Å². The molecule has 2 N–H and O–H groups in total. The first-order valence-electron chi connectivity index (χ1n) is 6.27. The van der Waals surface area contributed by atoms with Gasteiger partial charge in [0.15, 0.2) is 0 Å². The number of hydrogen-bond donors (Lipinski definition) is 2. The van der Waals surface area contributed by atoms with Crippen LogP contribution in [0.5, 0.6) is 0 Å². The van der Waals surface area contributed by atoms with Crippen molar-refractivity contribution in [1.82, 2.24) is 5.32 Å². The van der Waals surface area contributed by atoms with E-state index in [1.807, 2.05) is 0 Å². The molecule has 0 radical (unpaired) electrons. The van der Waals surface area contributed by atoms with Gasteiger partial charge in [-0.1, -0.05) is 27.7 Å². The summed E-state index contributed by atoms with van der Waals surface area (Å²) in [5, 5.41) is 12.6. The fraction of sp³-hybridized carbons (Fsp3) is 1.00. The lowest BCUT2D eigenvalue weighted by Gasteiger charge is -2.39. The third-order valence-corrected chi connectivity index (χ3v) is 3.45. The topological polar surface area (TPSA) is 32.3 Å². The Morgan fingerprint density at radius 1 is 1.40 bits per heavy atom. The molecule has 0 aromatic carbocycles. The quantitative estimate of drug-likeness (QED) is 0.751. The molecule has 1 saturated carbocycles. The number of rotatable bonds is 4. The van der Waals surface area contributed by atoms with E-state index in [-0.39, 0.29) is 0 Å². The summed E-state index contributed by atoms with van der Waals surface area (Å²) in [6.07, 6.45) is 3.91. The van der Waals surface area contributed by atoms with Crippen LogP contribution in [0.25, 0.3) is 0 Å². The minimum atomic E-state index is 0.290. The SMILES string of the molecule is CC(CO)CNC1CC(C)CC(C)(C)C1. The van der Waals surface area contributed by atoms with Gasteiger partial charge in [-0.15, -0.1) is 0 Å². The van der Waals surface area contributed by atoms with Crippen LogP contribution in [0.2, 0.25) is 0 Å². The molecule has 0 aromatic heterocycles. The van der Waals surface area contributed by atoms with Gasteiger partial charge in [0, 0.05) is 19.2 Å². The lowest BCUT2D eigenvalue weighted by molar-refractivity contribution is 0.144. The minimum Gasteiger partial charge on any atom is -0.396 e. The van der Waals surface area contributed by atoms with E-state index >= 15 is 0 Å². The molecule has 0 aliphatic heterocycles. The Bertz CT molecular complexity index is 191. The zero-order valence-corrected chi connectivity index (χ0v) is 10.7. The van der Waals surface area contributed by atoms with Gasteiger partial charge in [0.1, 0.15) is 0 Å². The van der Waals surface area contributed by atoms with Crippen molar-refractivity contribution in [3.63, 3.8) is 0 Å². The Hall–Kier alpha value is -0.0800. The van der Waals surface area contributed by atoms with Crippen LogP contribution in [0.3, 0.4) is 0 Å². The second-order valence-corrected chi connectivity index (χ2v) is 6.31. The van der Waals surface area contributed by atoms with Gasteiger partial charge in [-0.05, 0) is 36.5 Å². The molecule has 0 spiro atoms. The second-order valence-electron chi connectivity index (χ2n) is 6.31. The number of aliphatic hydroxyl groups is 1. The first kappa shape index (κ1) is 13.0. The Kier molecular flexibility index (Phi) is 4.60. The van der Waals surface area contributed by atoms with E-state index in [4.69, 9.17) is 5.11 Å². The molecular weight excluding hydrogens is 186 g/mol. The molecule has 2 heteroatoms. The predicted molar refractivity (Wildman–Crippen MR) is 64.8 cm³/mol. The molecule has 0 heterocycles. The molecule has 0 aromatic rings. The van der Waals surface area contributed by atoms with Crippen molar-refractivity contribution in [3.8, 4) is 0 Å². The molecular formula is C13H27NO. The maximum absolute atomic E-state index is 8.98. The smallest absolute Gasteiger partial charge is 0.0468 e. The van der Waals surface area contributed by atoms with Crippen LogP contribution in [0.4, 0.5) is 0 Å². The third kappa shape index (κ3) is 4.52. The van der Waals surface area contributed by atoms with Crippen molar-refractivity contribution in [2.24, 2.45) is 17.3 Å². The fourth-order valence-corrected chi connectivity index (χ4v) is 2.93. The monoisotopic (exact) mass is 213 g/mol. The summed E-state index contributed by atoms with van der Waals surface area (Å²) in [5.41, 5.74) is 0.484. The van der Waals surface area contributed by atoms with Crippen molar-refractivity contribution in [3.05, 3.63) is 0 Å². The highest BCUT2D eigenvalue weighted by molar-refractivity contribution is 4.86. The zero-order chi connectivity index (χ0) is 11.5. The Morgan fingerprint density at radius 3 is 2.60 bits per heavy atom. The molecule has 90 valence electrons. The Balaban J connectivity index is 2.35. The molecule has 1 fully saturated rings. The van der Waals surface area contributed by atoms with Crippen LogP contribution in [-0.4, -0.2) is 24.3 Å². The summed E-state index contributed by atoms with van der Waals surface area (Å²) in [4.78, 5) is 0. The zero-order valence-electron chi connectivity index (χ0n) is 10.7. The molecule has 15 heavy (non-hydrogen) atoms. The van der Waals surface area contributed by atoms with Crippen molar-refractivity contribution in [2.75, 3.05) is 13.2 Å². The summed E-state index contributed by atoms with van der Waals surface area (Å²) >= 11 is 0. The summed E-state index contributed by atoms with van der Waals surface area (Å²) in [6, 6.07) is 0.651. The fourth-order valence-electron chi connectivity index (χ4n) is 2.93. The standard InChI is InChI=1S/C13H27NO/c1-10-5-12(7-13(3,4)6-10)14-8-11(2)9-15/h10-12,14-15H,5-9H2,1-4H3. The van der Waals surface area contributed by atoms with E-state index in [2.05, 4.69) is 33.0 Å². The van der Waals surface area contributed by atoms with E-state index in [0.717, 1.165) is 12.5 Å². The Labute approximate surface area is 94.5 Å². The maximum atomic E-state index is 8.98. The van der Waals surface area contributed by atoms with Crippen LogP contribution in [-0.2, 0) is 0 Å². The van der Waals surface area contributed by atoms with E-state index in [0.29, 0.717) is 24.0 Å². The van der Waals surface area contributed by atoms with E-state index in [1.165, 1.54) is 19.3 Å². The van der Waals surface area contributed by atoms with Crippen LogP contribution in [0, 0.1) is 17.3 Å². The molecule has 2 nitrogen and oxygen atoms in total. The summed E-state index contributed by atoms with van der Waals surface area (Å²) in [5.74, 6) is 1.21. The molecule has 1 aliphatic rings. The number of nitrogens with one attached hydrogen (secondary N) is 1. The second kappa shape index (κ2) is 5.31. The van der Waals surface area contributed by atoms with Crippen molar-refractivity contribution in [1.29, 1.82) is 0 Å². The van der Waals surface area contributed by atoms with Crippen LogP contribution in [0.1, 0.15) is 47.0 Å². The number of aliphatic hydroxyl groups excluding tert-OH is 1. The molecule has 1 rings (SSSR count). The van der Waals surface area contributed by atoms with Gasteiger partial charge in [-0.3, -0.25) is 0 Å². The largest absolute Gasteiger partial charge is 0.396 e. The maximum Gasteiger partial charge on any atom is 0.0468 e. The van der Waals surface area contributed by atoms with Crippen molar-refractivity contribution >= 4 is 0 Å². The highest BCUT2D eigenvalue weighted by atomic mass is 16.3. The van der Waals surface area contributed by atoms with E-state index in [9.17, 15) is 0 Å². The van der Waals surface area contributed by atoms with Gasteiger partial charge in [0.05, 0.1) is 0 Å². The molecule has 0 amide bonds. The normalized spacial score (nSPS) is 32.6. The highest BCUT2D eigenvalue weighted by Gasteiger charge is 2.31. The van der Waals surface area contributed by atoms with Gasteiger partial charge in [-0.25, -0.2) is 0 Å². The molecule has 1 aliphatic carbocycles. The van der Waals surface area contributed by atoms with Crippen LogP contribution < -0.4 is 5.32 Å². The minimum absolute atomic E-state index is 0.290. The van der Waals surface area contributed by atoms with Crippen LogP contribution in [0.15, 0.2) is 0 Å². The summed E-state index contributed by atoms with van der Waals surface area (Å²) in [7, 11) is 0. The lowest BCUT2D eigenvalue weighted by Crippen LogP contribution is -2.42. The number of hydrogen-bond acceptors (Lipinski definition) is 2. The summed E-state index contributed by atoms with van der Waals surface area (Å²) in [6.45, 7) is 10.4. The summed E-state index contributed by atoms with van der Waals surface area (Å²) < 4.78 is 0. The predicted octanol–water partition coefficient (Wildman–Crippen LogP) is 2.42. The van der Waals surface area contributed by atoms with E-state index < -0.39 is 0 Å². The first-order chi connectivity index (χ1) is 6.93. The van der Waals surface area contributed by atoms with E-state index in [1.54, 1.807) is 0 Å². The molecule has 0 bridgehead atoms. The lowest BCUT2D eigenvalue weighted by atomic mass is 9.70.